The molecule has 4 rings (SSSR count). The van der Waals surface area contributed by atoms with Crippen molar-refractivity contribution in [1.82, 2.24) is 24.2 Å². The van der Waals surface area contributed by atoms with Crippen LogP contribution in [-0.2, 0) is 23.6 Å². The summed E-state index contributed by atoms with van der Waals surface area (Å²) in [6, 6.07) is 9.88. The lowest BCUT2D eigenvalue weighted by Gasteiger charge is -2.07. The summed E-state index contributed by atoms with van der Waals surface area (Å²) in [6.07, 6.45) is 2.37. The molecule has 0 radical (unpaired) electrons. The third-order valence-electron chi connectivity index (χ3n) is 4.88. The second-order valence-electron chi connectivity index (χ2n) is 7.05. The number of imidazole rings is 1. The minimum atomic E-state index is -3.24. The first-order chi connectivity index (χ1) is 13.9. The molecule has 0 unspecified atom stereocenters. The Kier molecular flexibility index (Phi) is 5.01. The Bertz CT molecular complexity index is 1290. The van der Waals surface area contributed by atoms with E-state index in [1.165, 1.54) is 0 Å². The third kappa shape index (κ3) is 3.70. The number of anilines is 1. The summed E-state index contributed by atoms with van der Waals surface area (Å²) in [6.45, 7) is 2.12. The van der Waals surface area contributed by atoms with E-state index in [4.69, 9.17) is 0 Å². The van der Waals surface area contributed by atoms with Crippen molar-refractivity contribution in [1.29, 1.82) is 0 Å². The number of aryl methyl sites for hydroxylation is 1. The Labute approximate surface area is 169 Å². The van der Waals surface area contributed by atoms with Crippen molar-refractivity contribution in [3.63, 3.8) is 0 Å². The number of sulfonamides is 1. The Balaban J connectivity index is 1.72. The van der Waals surface area contributed by atoms with Crippen molar-refractivity contribution in [2.75, 3.05) is 18.1 Å². The molecule has 0 aliphatic rings. The van der Waals surface area contributed by atoms with Gasteiger partial charge in [-0.2, -0.15) is 0 Å². The number of nitrogens with one attached hydrogen (secondary N) is 3. The number of nitrogens with zero attached hydrogens (tertiary/aromatic N) is 3. The first-order valence-electron chi connectivity index (χ1n) is 9.50. The molecule has 3 aromatic heterocycles. The van der Waals surface area contributed by atoms with Crippen LogP contribution >= 0.6 is 0 Å². The molecule has 4 aromatic rings. The lowest BCUT2D eigenvalue weighted by Crippen LogP contribution is -2.25. The van der Waals surface area contributed by atoms with Crippen molar-refractivity contribution in [3.05, 3.63) is 42.2 Å². The Hall–Kier alpha value is -2.91. The van der Waals surface area contributed by atoms with Crippen molar-refractivity contribution >= 4 is 37.9 Å². The number of hydrogen-bond donors (Lipinski definition) is 3. The third-order valence-corrected chi connectivity index (χ3v) is 6.41. The zero-order valence-electron chi connectivity index (χ0n) is 16.7. The molecule has 3 heterocycles. The zero-order valence-corrected chi connectivity index (χ0v) is 17.5. The maximum Gasteiger partial charge on any atom is 0.211 e. The zero-order chi connectivity index (χ0) is 20.6. The van der Waals surface area contributed by atoms with Crippen LogP contribution in [0.2, 0.25) is 0 Å². The molecule has 0 aliphatic heterocycles. The number of H-pyrrole nitrogens is 1. The number of hydrogen-bond acceptors (Lipinski definition) is 5. The molecule has 0 bridgehead atoms. The van der Waals surface area contributed by atoms with E-state index in [1.54, 1.807) is 6.33 Å². The van der Waals surface area contributed by atoms with Crippen LogP contribution in [0.3, 0.4) is 0 Å². The van der Waals surface area contributed by atoms with Crippen LogP contribution < -0.4 is 10.0 Å². The number of aromatic nitrogens is 4. The van der Waals surface area contributed by atoms with Gasteiger partial charge in [0.05, 0.1) is 17.6 Å². The normalized spacial score (nSPS) is 12.1. The molecule has 0 saturated carbocycles. The van der Waals surface area contributed by atoms with Gasteiger partial charge in [-0.25, -0.2) is 23.1 Å². The van der Waals surface area contributed by atoms with Gasteiger partial charge in [-0.15, -0.1) is 0 Å². The topological polar surface area (TPSA) is 105 Å². The van der Waals surface area contributed by atoms with E-state index in [0.717, 1.165) is 44.7 Å². The molecule has 0 fully saturated rings. The molecular formula is C20H24N6O2S. The number of benzene rings is 1. The second-order valence-corrected chi connectivity index (χ2v) is 8.98. The number of pyridine rings is 1. The summed E-state index contributed by atoms with van der Waals surface area (Å²) in [7, 11) is 0.548. The number of rotatable bonds is 7. The number of fused-ring (bicyclic) bond motifs is 3. The standard InChI is InChI=1S/C20H24N6O2S/c1-4-8-29(27,28)23-11-13-6-5-7-14(9-13)16-10-15-18-17(22-12-26(18)3)20(21-2)25-19(15)24-16/h5-7,9-10,12,23H,4,8,11H2,1-3H3,(H2,21,24,25). The van der Waals surface area contributed by atoms with Gasteiger partial charge >= 0.3 is 0 Å². The summed E-state index contributed by atoms with van der Waals surface area (Å²) >= 11 is 0. The maximum atomic E-state index is 11.9. The van der Waals surface area contributed by atoms with Gasteiger partial charge in [0.15, 0.2) is 5.82 Å². The lowest BCUT2D eigenvalue weighted by molar-refractivity contribution is 0.580. The predicted molar refractivity (Wildman–Crippen MR) is 116 cm³/mol. The smallest absolute Gasteiger partial charge is 0.211 e. The minimum Gasteiger partial charge on any atom is -0.371 e. The lowest BCUT2D eigenvalue weighted by atomic mass is 10.1. The average molecular weight is 413 g/mol. The maximum absolute atomic E-state index is 11.9. The molecule has 0 atom stereocenters. The highest BCUT2D eigenvalue weighted by molar-refractivity contribution is 7.89. The Morgan fingerprint density at radius 1 is 1.24 bits per heavy atom. The molecule has 1 aromatic carbocycles. The van der Waals surface area contributed by atoms with Crippen molar-refractivity contribution in [2.45, 2.75) is 19.9 Å². The molecule has 3 N–H and O–H groups in total. The van der Waals surface area contributed by atoms with Gasteiger partial charge in [-0.3, -0.25) is 0 Å². The highest BCUT2D eigenvalue weighted by Gasteiger charge is 2.15. The van der Waals surface area contributed by atoms with Crippen LogP contribution in [0.5, 0.6) is 0 Å². The predicted octanol–water partition coefficient (Wildman–Crippen LogP) is 2.99. The van der Waals surface area contributed by atoms with Crippen molar-refractivity contribution < 1.29 is 8.42 Å². The van der Waals surface area contributed by atoms with Crippen LogP contribution in [0.15, 0.2) is 36.7 Å². The van der Waals surface area contributed by atoms with Crippen LogP contribution in [0, 0.1) is 0 Å². The van der Waals surface area contributed by atoms with Gasteiger partial charge in [0, 0.05) is 31.7 Å². The fourth-order valence-corrected chi connectivity index (χ4v) is 4.58. The molecule has 0 aliphatic carbocycles. The first-order valence-corrected chi connectivity index (χ1v) is 11.1. The van der Waals surface area contributed by atoms with Gasteiger partial charge in [0.1, 0.15) is 11.2 Å². The molecule has 0 saturated heterocycles. The number of aromatic amines is 1. The van der Waals surface area contributed by atoms with Gasteiger partial charge in [-0.1, -0.05) is 25.1 Å². The molecule has 8 nitrogen and oxygen atoms in total. The highest BCUT2D eigenvalue weighted by atomic mass is 32.2. The van der Waals surface area contributed by atoms with Crippen LogP contribution in [0.25, 0.3) is 33.3 Å². The minimum absolute atomic E-state index is 0.134. The SMILES string of the molecule is CCCS(=O)(=O)NCc1cccc(-c2cc3c(nc(NC)c4ncn(C)c43)[nH]2)c1. The van der Waals surface area contributed by atoms with Gasteiger partial charge in [0.25, 0.3) is 0 Å². The Morgan fingerprint density at radius 3 is 2.83 bits per heavy atom. The van der Waals surface area contributed by atoms with Gasteiger partial charge in [0.2, 0.25) is 10.0 Å². The van der Waals surface area contributed by atoms with Crippen LogP contribution in [-0.4, -0.2) is 40.7 Å². The molecular weight excluding hydrogens is 388 g/mol. The fraction of sp³-hybridized carbons (Fsp3) is 0.300. The van der Waals surface area contributed by atoms with E-state index < -0.39 is 10.0 Å². The summed E-state index contributed by atoms with van der Waals surface area (Å²) in [5, 5.41) is 4.09. The molecule has 9 heteroatoms. The average Bonchev–Trinajstić information content (AvgIpc) is 3.29. The quantitative estimate of drug-likeness (QED) is 0.433. The summed E-state index contributed by atoms with van der Waals surface area (Å²) in [5.41, 5.74) is 5.39. The summed E-state index contributed by atoms with van der Waals surface area (Å²) < 4.78 is 28.5. The van der Waals surface area contributed by atoms with Crippen molar-refractivity contribution in [2.24, 2.45) is 7.05 Å². The van der Waals surface area contributed by atoms with E-state index >= 15 is 0 Å². The molecule has 29 heavy (non-hydrogen) atoms. The molecule has 152 valence electrons. The molecule has 0 spiro atoms. The van der Waals surface area contributed by atoms with E-state index in [2.05, 4.69) is 31.1 Å². The summed E-state index contributed by atoms with van der Waals surface area (Å²) in [4.78, 5) is 12.5. The van der Waals surface area contributed by atoms with E-state index in [1.807, 2.05) is 49.9 Å². The summed E-state index contributed by atoms with van der Waals surface area (Å²) in [5.74, 6) is 0.857. The van der Waals surface area contributed by atoms with Gasteiger partial charge in [-0.05, 0) is 29.7 Å². The fourth-order valence-electron chi connectivity index (χ4n) is 3.51. The van der Waals surface area contributed by atoms with Crippen LogP contribution in [0.4, 0.5) is 5.82 Å². The van der Waals surface area contributed by atoms with E-state index in [9.17, 15) is 8.42 Å². The van der Waals surface area contributed by atoms with Crippen molar-refractivity contribution in [3.8, 4) is 11.3 Å². The Morgan fingerprint density at radius 2 is 2.07 bits per heavy atom. The van der Waals surface area contributed by atoms with E-state index in [0.29, 0.717) is 6.42 Å². The van der Waals surface area contributed by atoms with Gasteiger partial charge < -0.3 is 14.9 Å². The van der Waals surface area contributed by atoms with E-state index in [-0.39, 0.29) is 12.3 Å². The molecule has 0 amide bonds. The van der Waals surface area contributed by atoms with Crippen LogP contribution in [0.1, 0.15) is 18.9 Å². The second kappa shape index (κ2) is 7.49. The monoisotopic (exact) mass is 412 g/mol. The largest absolute Gasteiger partial charge is 0.371 e. The first kappa shape index (κ1) is 19.4. The highest BCUT2D eigenvalue weighted by Crippen LogP contribution is 2.31.